The Morgan fingerprint density at radius 1 is 1.07 bits per heavy atom. The predicted molar refractivity (Wildman–Crippen MR) is 155 cm³/mol. The number of fused-ring (bicyclic) bond motifs is 5. The van der Waals surface area contributed by atoms with Crippen molar-refractivity contribution in [1.82, 2.24) is 19.0 Å². The average molecular weight is 547 g/mol. The van der Waals surface area contributed by atoms with Crippen molar-refractivity contribution in [2.45, 2.75) is 39.3 Å². The maximum absolute atomic E-state index is 13.7. The first kappa shape index (κ1) is 25.1. The molecule has 2 saturated heterocycles. The minimum Gasteiger partial charge on any atom is -0.444 e. The lowest BCUT2D eigenvalue weighted by Crippen LogP contribution is -2.62. The molecule has 9 heteroatoms. The van der Waals surface area contributed by atoms with Crippen LogP contribution in [0.15, 0.2) is 67.1 Å². The number of aromatic nitrogens is 3. The molecule has 0 radical (unpaired) electrons. The van der Waals surface area contributed by atoms with Gasteiger partial charge < -0.3 is 19.1 Å². The number of benzene rings is 2. The molecule has 1 spiro atoms. The fourth-order valence-corrected chi connectivity index (χ4v) is 6.19. The topological polar surface area (TPSA) is 77.0 Å². The van der Waals surface area contributed by atoms with Gasteiger partial charge in [0.25, 0.3) is 0 Å². The van der Waals surface area contributed by atoms with Crippen LogP contribution in [0, 0.1) is 12.0 Å². The highest BCUT2D eigenvalue weighted by Gasteiger charge is 2.57. The Morgan fingerprint density at radius 3 is 2.59 bits per heavy atom. The SMILES string of the molecule is [C-]#[N+]c1ccc(-c2cc3n(c2)Cc2cc(N4CCC5(CN(C(=O)OC(C)(C)C)C5)C4=O)ccc2-n2ccnc2-3)cc1. The summed E-state index contributed by atoms with van der Waals surface area (Å²) in [5.41, 5.74) is 5.61. The van der Waals surface area contributed by atoms with Crippen molar-refractivity contribution in [1.29, 1.82) is 0 Å². The predicted octanol–water partition coefficient (Wildman–Crippen LogP) is 5.89. The minimum atomic E-state index is -0.564. The fraction of sp³-hybridized carbons (Fsp3) is 0.312. The third-order valence-electron chi connectivity index (χ3n) is 8.22. The molecular formula is C32H30N6O3. The first-order valence-electron chi connectivity index (χ1n) is 13.8. The standard InChI is InChI=1S/C32H30N6O3/c1-31(2,3)41-30(40)36-19-32(20-36)11-13-37(29(32)39)25-9-10-26-23(15-25)18-35-17-22(21-5-7-24(33-4)8-6-21)16-27(35)28-34-12-14-38(26)28/h5-10,12,14-17H,11,13,18-20H2,1-3H3. The number of ether oxygens (including phenoxy) is 1. The van der Waals surface area contributed by atoms with E-state index in [0.29, 0.717) is 38.3 Å². The molecule has 3 aliphatic heterocycles. The number of amides is 2. The van der Waals surface area contributed by atoms with E-state index in [4.69, 9.17) is 11.3 Å². The molecule has 4 aromatic rings. The molecule has 0 atom stereocenters. The summed E-state index contributed by atoms with van der Waals surface area (Å²) in [5.74, 6) is 0.925. The lowest BCUT2D eigenvalue weighted by atomic mass is 9.78. The van der Waals surface area contributed by atoms with Crippen molar-refractivity contribution in [3.63, 3.8) is 0 Å². The molecule has 0 saturated carbocycles. The minimum absolute atomic E-state index is 0.0704. The molecule has 3 aliphatic rings. The monoisotopic (exact) mass is 546 g/mol. The Balaban J connectivity index is 1.17. The van der Waals surface area contributed by atoms with Gasteiger partial charge in [0.15, 0.2) is 11.5 Å². The number of carbonyl (C=O) groups excluding carboxylic acids is 2. The molecule has 2 amide bonds. The number of hydrogen-bond donors (Lipinski definition) is 0. The van der Waals surface area contributed by atoms with Gasteiger partial charge in [0, 0.05) is 56.0 Å². The highest BCUT2D eigenvalue weighted by atomic mass is 16.6. The van der Waals surface area contributed by atoms with Gasteiger partial charge in [-0.1, -0.05) is 24.3 Å². The van der Waals surface area contributed by atoms with E-state index in [1.807, 2.05) is 62.2 Å². The second kappa shape index (κ2) is 8.83. The molecule has 9 nitrogen and oxygen atoms in total. The van der Waals surface area contributed by atoms with Crippen molar-refractivity contribution < 1.29 is 14.3 Å². The zero-order chi connectivity index (χ0) is 28.5. The van der Waals surface area contributed by atoms with E-state index in [0.717, 1.165) is 39.6 Å². The number of likely N-dealkylation sites (tertiary alicyclic amines) is 1. The van der Waals surface area contributed by atoms with Crippen LogP contribution in [-0.2, 0) is 16.1 Å². The molecule has 0 N–H and O–H groups in total. The largest absolute Gasteiger partial charge is 0.444 e. The van der Waals surface area contributed by atoms with Gasteiger partial charge >= 0.3 is 6.09 Å². The third-order valence-corrected chi connectivity index (χ3v) is 8.22. The lowest BCUT2D eigenvalue weighted by Gasteiger charge is -2.46. The molecule has 0 bridgehead atoms. The van der Waals surface area contributed by atoms with Crippen molar-refractivity contribution in [3.05, 3.63) is 84.1 Å². The number of nitrogens with zero attached hydrogens (tertiary/aromatic N) is 6. The van der Waals surface area contributed by atoms with Crippen LogP contribution in [0.25, 0.3) is 33.2 Å². The summed E-state index contributed by atoms with van der Waals surface area (Å²) in [6.45, 7) is 14.8. The Kier molecular flexibility index (Phi) is 5.42. The summed E-state index contributed by atoms with van der Waals surface area (Å²) >= 11 is 0. The van der Waals surface area contributed by atoms with Crippen LogP contribution in [-0.4, -0.2) is 56.3 Å². The fourth-order valence-electron chi connectivity index (χ4n) is 6.19. The van der Waals surface area contributed by atoms with Gasteiger partial charge in [-0.2, -0.15) is 0 Å². The van der Waals surface area contributed by atoms with Gasteiger partial charge in [-0.3, -0.25) is 9.36 Å². The Bertz CT molecular complexity index is 1740. The van der Waals surface area contributed by atoms with Gasteiger partial charge in [-0.25, -0.2) is 14.6 Å². The summed E-state index contributed by atoms with van der Waals surface area (Å²) in [5, 5.41) is 0. The van der Waals surface area contributed by atoms with Gasteiger partial charge in [-0.05, 0) is 62.6 Å². The van der Waals surface area contributed by atoms with E-state index in [1.54, 1.807) is 11.1 Å². The summed E-state index contributed by atoms with van der Waals surface area (Å²) in [6.07, 6.45) is 6.25. The normalized spacial score (nSPS) is 16.9. The number of imidazole rings is 1. The molecule has 41 heavy (non-hydrogen) atoms. The number of hydrogen-bond acceptors (Lipinski definition) is 4. The van der Waals surface area contributed by atoms with E-state index < -0.39 is 11.0 Å². The molecule has 5 heterocycles. The highest BCUT2D eigenvalue weighted by Crippen LogP contribution is 2.44. The zero-order valence-electron chi connectivity index (χ0n) is 23.3. The smallest absolute Gasteiger partial charge is 0.410 e. The summed E-state index contributed by atoms with van der Waals surface area (Å²) < 4.78 is 9.79. The number of carbonyl (C=O) groups is 2. The molecular weight excluding hydrogens is 516 g/mol. The summed E-state index contributed by atoms with van der Waals surface area (Å²) in [4.78, 5) is 37.8. The van der Waals surface area contributed by atoms with Crippen molar-refractivity contribution in [2.75, 3.05) is 24.5 Å². The van der Waals surface area contributed by atoms with Gasteiger partial charge in [-0.15, -0.1) is 0 Å². The first-order chi connectivity index (χ1) is 19.6. The third kappa shape index (κ3) is 4.10. The molecule has 0 aliphatic carbocycles. The van der Waals surface area contributed by atoms with Crippen LogP contribution in [0.3, 0.4) is 0 Å². The first-order valence-corrected chi connectivity index (χ1v) is 13.8. The van der Waals surface area contributed by atoms with Crippen LogP contribution >= 0.6 is 0 Å². The van der Waals surface area contributed by atoms with E-state index in [1.165, 1.54) is 0 Å². The Labute approximate surface area is 238 Å². The molecule has 7 rings (SSSR count). The summed E-state index contributed by atoms with van der Waals surface area (Å²) in [7, 11) is 0. The quantitative estimate of drug-likeness (QED) is 0.259. The lowest BCUT2D eigenvalue weighted by molar-refractivity contribution is -0.134. The zero-order valence-corrected chi connectivity index (χ0v) is 23.3. The maximum atomic E-state index is 13.7. The van der Waals surface area contributed by atoms with Crippen LogP contribution in [0.4, 0.5) is 16.2 Å². The second-order valence-electron chi connectivity index (χ2n) is 12.2. The van der Waals surface area contributed by atoms with Crippen molar-refractivity contribution in [3.8, 4) is 28.3 Å². The Hall–Kier alpha value is -4.84. The molecule has 2 aromatic carbocycles. The van der Waals surface area contributed by atoms with Crippen LogP contribution in [0.2, 0.25) is 0 Å². The number of anilines is 1. The van der Waals surface area contributed by atoms with Gasteiger partial charge in [0.2, 0.25) is 5.91 Å². The van der Waals surface area contributed by atoms with E-state index in [-0.39, 0.29) is 12.0 Å². The number of rotatable bonds is 2. The van der Waals surface area contributed by atoms with Crippen LogP contribution in [0.1, 0.15) is 32.8 Å². The van der Waals surface area contributed by atoms with E-state index in [2.05, 4.69) is 43.4 Å². The van der Waals surface area contributed by atoms with Gasteiger partial charge in [0.1, 0.15) is 5.60 Å². The molecule has 2 aromatic heterocycles. The molecule has 206 valence electrons. The van der Waals surface area contributed by atoms with Crippen LogP contribution < -0.4 is 4.90 Å². The Morgan fingerprint density at radius 2 is 1.85 bits per heavy atom. The molecule has 0 unspecified atom stereocenters. The van der Waals surface area contributed by atoms with E-state index in [9.17, 15) is 9.59 Å². The average Bonchev–Trinajstić information content (AvgIpc) is 3.62. The highest BCUT2D eigenvalue weighted by molar-refractivity contribution is 6.01. The van der Waals surface area contributed by atoms with Crippen LogP contribution in [0.5, 0.6) is 0 Å². The molecule has 2 fully saturated rings. The van der Waals surface area contributed by atoms with Crippen molar-refractivity contribution in [2.24, 2.45) is 5.41 Å². The van der Waals surface area contributed by atoms with Crippen molar-refractivity contribution >= 4 is 23.4 Å². The second-order valence-corrected chi connectivity index (χ2v) is 12.2. The van der Waals surface area contributed by atoms with E-state index >= 15 is 0 Å². The maximum Gasteiger partial charge on any atom is 0.410 e. The summed E-state index contributed by atoms with van der Waals surface area (Å²) in [6, 6.07) is 15.9. The van der Waals surface area contributed by atoms with Gasteiger partial charge in [0.05, 0.1) is 23.4 Å².